The van der Waals surface area contributed by atoms with Crippen molar-refractivity contribution < 1.29 is 18.6 Å². The number of ether oxygens (including phenoxy) is 3. The summed E-state index contributed by atoms with van der Waals surface area (Å²) >= 11 is 0. The quantitative estimate of drug-likeness (QED) is 0.286. The number of rotatable bonds is 4. The van der Waals surface area contributed by atoms with Crippen molar-refractivity contribution in [3.8, 4) is 23.1 Å². The Kier molecular flexibility index (Phi) is 6.71. The number of nitrogens with one attached hydrogen (secondary N) is 1. The Labute approximate surface area is 267 Å². The Morgan fingerprint density at radius 3 is 3.02 bits per heavy atom. The molecule has 4 aliphatic heterocycles. The molecule has 3 atom stereocenters. The standard InChI is InChI=1S/C35H40FN7O3/c1-3-21-14-35(9-5-10-42(35)16-21)19-46-34-39-31-28-32(40-34)43-11-6-12-44-17-23(43)18-45-33(28)38-30(29(31)36)27-24-15-37-41-25(24)13-22-8-4-7-20(2)26(22)27/h3,13,15,20,23H,4-12,14,16-19H2,1-2H3,(H,37,41)/b21-3-/t20?,23-,35?/m0/s1. The lowest BCUT2D eigenvalue weighted by atomic mass is 9.79. The Morgan fingerprint density at radius 1 is 1.17 bits per heavy atom. The Hall–Kier alpha value is -3.83. The highest BCUT2D eigenvalue weighted by atomic mass is 19.1. The van der Waals surface area contributed by atoms with Crippen molar-refractivity contribution in [2.75, 3.05) is 51.0 Å². The number of aryl methyl sites for hydroxylation is 1. The molecule has 46 heavy (non-hydrogen) atoms. The summed E-state index contributed by atoms with van der Waals surface area (Å²) in [6.45, 7) is 9.06. The molecule has 1 aromatic carbocycles. The van der Waals surface area contributed by atoms with Crippen LogP contribution in [0.5, 0.6) is 11.9 Å². The topological polar surface area (TPSA) is 102 Å². The summed E-state index contributed by atoms with van der Waals surface area (Å²) in [5.74, 6) is 0.741. The van der Waals surface area contributed by atoms with Crippen molar-refractivity contribution in [1.82, 2.24) is 30.0 Å². The normalized spacial score (nSPS) is 26.9. The van der Waals surface area contributed by atoms with Crippen LogP contribution in [0.2, 0.25) is 0 Å². The highest BCUT2D eigenvalue weighted by Crippen LogP contribution is 2.47. The maximum atomic E-state index is 17.3. The number of allylic oxidation sites excluding steroid dienone is 1. The molecule has 240 valence electrons. The number of fused-ring (bicyclic) bond motifs is 5. The Balaban J connectivity index is 1.24. The van der Waals surface area contributed by atoms with Crippen LogP contribution < -0.4 is 14.4 Å². The zero-order valence-corrected chi connectivity index (χ0v) is 26.6. The van der Waals surface area contributed by atoms with Crippen molar-refractivity contribution >= 4 is 27.6 Å². The molecule has 3 aromatic heterocycles. The maximum absolute atomic E-state index is 17.3. The van der Waals surface area contributed by atoms with E-state index in [4.69, 9.17) is 29.2 Å². The van der Waals surface area contributed by atoms with E-state index in [1.54, 1.807) is 6.20 Å². The van der Waals surface area contributed by atoms with E-state index in [0.717, 1.165) is 80.1 Å². The lowest BCUT2D eigenvalue weighted by Gasteiger charge is -2.31. The predicted molar refractivity (Wildman–Crippen MR) is 173 cm³/mol. The number of aromatic amines is 1. The minimum absolute atomic E-state index is 0.0738. The molecule has 0 bridgehead atoms. The van der Waals surface area contributed by atoms with Crippen LogP contribution in [0.1, 0.15) is 69.4 Å². The minimum Gasteiger partial charge on any atom is -0.475 e. The number of H-pyrrole nitrogens is 1. The van der Waals surface area contributed by atoms with Crippen molar-refractivity contribution in [1.29, 1.82) is 0 Å². The van der Waals surface area contributed by atoms with Gasteiger partial charge >= 0.3 is 6.01 Å². The van der Waals surface area contributed by atoms with E-state index < -0.39 is 5.82 Å². The zero-order chi connectivity index (χ0) is 31.0. The number of halogens is 1. The summed E-state index contributed by atoms with van der Waals surface area (Å²) in [4.78, 5) is 19.5. The van der Waals surface area contributed by atoms with Crippen LogP contribution in [0.25, 0.3) is 33.1 Å². The van der Waals surface area contributed by atoms with Gasteiger partial charge < -0.3 is 19.1 Å². The molecular weight excluding hydrogens is 585 g/mol. The van der Waals surface area contributed by atoms with E-state index in [0.29, 0.717) is 50.1 Å². The molecule has 9 rings (SSSR count). The summed E-state index contributed by atoms with van der Waals surface area (Å²) in [5.41, 5.74) is 5.82. The van der Waals surface area contributed by atoms with Crippen molar-refractivity contribution in [2.45, 2.75) is 76.3 Å². The number of pyridine rings is 1. The number of hydrogen-bond donors (Lipinski definition) is 1. The van der Waals surface area contributed by atoms with Gasteiger partial charge in [0.1, 0.15) is 35.6 Å². The van der Waals surface area contributed by atoms with E-state index in [2.05, 4.69) is 46.0 Å². The smallest absolute Gasteiger partial charge is 0.319 e. The van der Waals surface area contributed by atoms with Gasteiger partial charge in [-0.25, -0.2) is 9.37 Å². The molecule has 7 heterocycles. The highest BCUT2D eigenvalue weighted by Gasteiger charge is 2.47. The van der Waals surface area contributed by atoms with Crippen LogP contribution in [0.15, 0.2) is 23.9 Å². The SMILES string of the molecule is C/C=C1\CN2CCCC2(COc2nc3c4c(nc(-c5c6c(cc7[nH]ncc57)CCCC6C)c(F)c4n2)OC[C@@H]2COCCCN32)C1. The van der Waals surface area contributed by atoms with Gasteiger partial charge in [-0.3, -0.25) is 10.00 Å². The summed E-state index contributed by atoms with van der Waals surface area (Å²) in [6.07, 6.45) is 11.1. The molecular formula is C35H40FN7O3. The average molecular weight is 626 g/mol. The second kappa shape index (κ2) is 10.9. The molecule has 3 fully saturated rings. The van der Waals surface area contributed by atoms with Gasteiger partial charge in [0.25, 0.3) is 0 Å². The molecule has 0 radical (unpaired) electrons. The monoisotopic (exact) mass is 625 g/mol. The summed E-state index contributed by atoms with van der Waals surface area (Å²) in [5, 5.41) is 8.82. The molecule has 4 aromatic rings. The molecule has 1 aliphatic carbocycles. The fourth-order valence-electron chi connectivity index (χ4n) is 8.77. The lowest BCUT2D eigenvalue weighted by Crippen LogP contribution is -2.43. The first kappa shape index (κ1) is 28.4. The Morgan fingerprint density at radius 2 is 2.11 bits per heavy atom. The highest BCUT2D eigenvalue weighted by molar-refractivity contribution is 6.02. The summed E-state index contributed by atoms with van der Waals surface area (Å²) < 4.78 is 36.2. The van der Waals surface area contributed by atoms with Gasteiger partial charge in [-0.2, -0.15) is 15.1 Å². The molecule has 0 spiro atoms. The van der Waals surface area contributed by atoms with Crippen molar-refractivity contribution in [3.05, 3.63) is 40.9 Å². The van der Waals surface area contributed by atoms with Crippen LogP contribution in [-0.4, -0.2) is 87.7 Å². The number of aromatic nitrogens is 5. The van der Waals surface area contributed by atoms with Gasteiger partial charge in [-0.05, 0) is 81.5 Å². The third-order valence-electron chi connectivity index (χ3n) is 11.1. The van der Waals surface area contributed by atoms with E-state index in [1.807, 2.05) is 0 Å². The molecule has 2 unspecified atom stereocenters. The van der Waals surface area contributed by atoms with E-state index in [9.17, 15) is 0 Å². The third kappa shape index (κ3) is 4.34. The molecule has 0 saturated carbocycles. The van der Waals surface area contributed by atoms with Gasteiger partial charge in [0.15, 0.2) is 5.82 Å². The van der Waals surface area contributed by atoms with Crippen LogP contribution in [0, 0.1) is 5.82 Å². The molecule has 5 aliphatic rings. The number of hydrogen-bond acceptors (Lipinski definition) is 9. The number of anilines is 1. The lowest BCUT2D eigenvalue weighted by molar-refractivity contribution is 0.108. The molecule has 0 amide bonds. The summed E-state index contributed by atoms with van der Waals surface area (Å²) in [7, 11) is 0. The van der Waals surface area contributed by atoms with Gasteiger partial charge in [0.05, 0.1) is 29.9 Å². The maximum Gasteiger partial charge on any atom is 0.319 e. The van der Waals surface area contributed by atoms with E-state index in [1.165, 1.54) is 11.1 Å². The number of nitrogens with zero attached hydrogens (tertiary/aromatic N) is 6. The van der Waals surface area contributed by atoms with Gasteiger partial charge in [-0.1, -0.05) is 18.6 Å². The first-order chi connectivity index (χ1) is 22.5. The second-order valence-electron chi connectivity index (χ2n) is 13.8. The average Bonchev–Trinajstić information content (AvgIpc) is 3.69. The van der Waals surface area contributed by atoms with E-state index >= 15 is 4.39 Å². The molecule has 11 heteroatoms. The summed E-state index contributed by atoms with van der Waals surface area (Å²) in [6, 6.07) is 2.28. The largest absolute Gasteiger partial charge is 0.475 e. The zero-order valence-electron chi connectivity index (χ0n) is 26.6. The fourth-order valence-corrected chi connectivity index (χ4v) is 8.77. The predicted octanol–water partition coefficient (Wildman–Crippen LogP) is 5.70. The second-order valence-corrected chi connectivity index (χ2v) is 13.8. The minimum atomic E-state index is -0.480. The van der Waals surface area contributed by atoms with Crippen molar-refractivity contribution in [3.63, 3.8) is 0 Å². The van der Waals surface area contributed by atoms with Crippen LogP contribution in [0.3, 0.4) is 0 Å². The molecule has 1 N–H and O–H groups in total. The van der Waals surface area contributed by atoms with E-state index in [-0.39, 0.29) is 34.7 Å². The third-order valence-corrected chi connectivity index (χ3v) is 11.1. The van der Waals surface area contributed by atoms with Gasteiger partial charge in [0, 0.05) is 30.6 Å². The number of benzene rings is 1. The Bertz CT molecular complexity index is 1890. The van der Waals surface area contributed by atoms with Crippen LogP contribution >= 0.6 is 0 Å². The van der Waals surface area contributed by atoms with Gasteiger partial charge in [0.2, 0.25) is 5.88 Å². The molecule has 10 nitrogen and oxygen atoms in total. The van der Waals surface area contributed by atoms with Crippen molar-refractivity contribution in [2.24, 2.45) is 0 Å². The first-order valence-corrected chi connectivity index (χ1v) is 16.9. The van der Waals surface area contributed by atoms with Gasteiger partial charge in [-0.15, -0.1) is 0 Å². The van der Waals surface area contributed by atoms with Crippen LogP contribution in [0.4, 0.5) is 10.2 Å². The fraction of sp³-hybridized carbons (Fsp3) is 0.543. The van der Waals surface area contributed by atoms with Crippen LogP contribution in [-0.2, 0) is 11.2 Å². The first-order valence-electron chi connectivity index (χ1n) is 16.9. The molecule has 3 saturated heterocycles.